The van der Waals surface area contributed by atoms with Gasteiger partial charge in [0, 0.05) is 18.3 Å². The zero-order valence-corrected chi connectivity index (χ0v) is 11.2. The van der Waals surface area contributed by atoms with Crippen molar-refractivity contribution in [3.05, 3.63) is 18.0 Å². The fourth-order valence-corrected chi connectivity index (χ4v) is 2.93. The molecule has 0 aliphatic heterocycles. The first-order chi connectivity index (χ1) is 8.35. The molecule has 1 heterocycles. The molecule has 0 bridgehead atoms. The third-order valence-corrected chi connectivity index (χ3v) is 3.97. The van der Waals surface area contributed by atoms with Crippen molar-refractivity contribution in [2.24, 2.45) is 5.92 Å². The fraction of sp³-hybridized carbons (Fsp3) is 0.786. The van der Waals surface area contributed by atoms with E-state index >= 15 is 0 Å². The van der Waals surface area contributed by atoms with Crippen LogP contribution in [0, 0.1) is 5.92 Å². The number of rotatable bonds is 5. The molecular formula is C14H25N3. The van der Waals surface area contributed by atoms with Crippen molar-refractivity contribution in [3.63, 3.8) is 0 Å². The van der Waals surface area contributed by atoms with E-state index in [9.17, 15) is 0 Å². The van der Waals surface area contributed by atoms with Crippen LogP contribution in [0.2, 0.25) is 0 Å². The summed E-state index contributed by atoms with van der Waals surface area (Å²) in [5.41, 5.74) is 1.31. The minimum absolute atomic E-state index is 0.643. The smallest absolute Gasteiger partial charge is 0.0547 e. The molecule has 1 aromatic rings. The van der Waals surface area contributed by atoms with Gasteiger partial charge in [-0.05, 0) is 25.3 Å². The second-order valence-corrected chi connectivity index (χ2v) is 5.13. The van der Waals surface area contributed by atoms with Crippen LogP contribution in [-0.2, 0) is 6.54 Å². The topological polar surface area (TPSA) is 29.9 Å². The highest BCUT2D eigenvalue weighted by Gasteiger charge is 2.25. The third-order valence-electron chi connectivity index (χ3n) is 3.97. The van der Waals surface area contributed by atoms with E-state index in [0.717, 1.165) is 19.0 Å². The van der Waals surface area contributed by atoms with Crippen molar-refractivity contribution >= 4 is 0 Å². The van der Waals surface area contributed by atoms with Crippen LogP contribution in [0.25, 0.3) is 0 Å². The van der Waals surface area contributed by atoms with Crippen LogP contribution >= 0.6 is 0 Å². The molecule has 1 aliphatic rings. The average molecular weight is 235 g/mol. The van der Waals surface area contributed by atoms with E-state index in [1.165, 1.54) is 37.7 Å². The second kappa shape index (κ2) is 6.20. The summed E-state index contributed by atoms with van der Waals surface area (Å²) in [5.74, 6) is 0.829. The lowest BCUT2D eigenvalue weighted by Gasteiger charge is -2.30. The average Bonchev–Trinajstić information content (AvgIpc) is 2.85. The molecule has 1 saturated carbocycles. The lowest BCUT2D eigenvalue weighted by Crippen LogP contribution is -2.23. The van der Waals surface area contributed by atoms with Crippen molar-refractivity contribution in [2.45, 2.75) is 58.5 Å². The van der Waals surface area contributed by atoms with Gasteiger partial charge in [-0.3, -0.25) is 4.68 Å². The van der Waals surface area contributed by atoms with Crippen LogP contribution in [-0.4, -0.2) is 16.3 Å². The number of hydrogen-bond acceptors (Lipinski definition) is 2. The van der Waals surface area contributed by atoms with Crippen LogP contribution in [0.4, 0.5) is 0 Å². The maximum absolute atomic E-state index is 4.57. The lowest BCUT2D eigenvalue weighted by atomic mass is 9.83. The molecule has 0 saturated heterocycles. The Kier molecular flexibility index (Phi) is 4.60. The van der Waals surface area contributed by atoms with Gasteiger partial charge in [0.1, 0.15) is 0 Å². The van der Waals surface area contributed by atoms with Gasteiger partial charge >= 0.3 is 0 Å². The van der Waals surface area contributed by atoms with Crippen molar-refractivity contribution < 1.29 is 0 Å². The Morgan fingerprint density at radius 2 is 2.18 bits per heavy atom. The van der Waals surface area contributed by atoms with E-state index < -0.39 is 0 Å². The maximum Gasteiger partial charge on any atom is 0.0547 e. The van der Waals surface area contributed by atoms with Crippen LogP contribution < -0.4 is 5.32 Å². The van der Waals surface area contributed by atoms with E-state index in [1.54, 1.807) is 0 Å². The molecule has 1 aromatic heterocycles. The van der Waals surface area contributed by atoms with Gasteiger partial charge in [-0.1, -0.05) is 33.1 Å². The predicted molar refractivity (Wildman–Crippen MR) is 70.9 cm³/mol. The highest BCUT2D eigenvalue weighted by molar-refractivity contribution is 5.04. The van der Waals surface area contributed by atoms with Crippen molar-refractivity contribution in [1.82, 2.24) is 15.1 Å². The number of aromatic nitrogens is 2. The Morgan fingerprint density at radius 1 is 1.35 bits per heavy atom. The van der Waals surface area contributed by atoms with Gasteiger partial charge in [0.15, 0.2) is 0 Å². The van der Waals surface area contributed by atoms with Crippen LogP contribution in [0.15, 0.2) is 12.4 Å². The first kappa shape index (κ1) is 12.6. The largest absolute Gasteiger partial charge is 0.313 e. The molecule has 1 fully saturated rings. The predicted octanol–water partition coefficient (Wildman–Crippen LogP) is 3.13. The van der Waals surface area contributed by atoms with Gasteiger partial charge in [0.05, 0.1) is 12.2 Å². The van der Waals surface area contributed by atoms with Crippen molar-refractivity contribution in [3.8, 4) is 0 Å². The normalized spacial score (nSPS) is 25.1. The molecule has 0 spiro atoms. The zero-order valence-electron chi connectivity index (χ0n) is 11.2. The van der Waals surface area contributed by atoms with Gasteiger partial charge in [0.2, 0.25) is 0 Å². The lowest BCUT2D eigenvalue weighted by molar-refractivity contribution is 0.217. The Bertz CT molecular complexity index is 332. The maximum atomic E-state index is 4.57. The monoisotopic (exact) mass is 235 g/mol. The summed E-state index contributed by atoms with van der Waals surface area (Å²) in [7, 11) is 0. The van der Waals surface area contributed by atoms with E-state index in [4.69, 9.17) is 0 Å². The molecule has 96 valence electrons. The molecule has 17 heavy (non-hydrogen) atoms. The van der Waals surface area contributed by atoms with Crippen LogP contribution in [0.1, 0.15) is 57.6 Å². The van der Waals surface area contributed by atoms with Gasteiger partial charge in [-0.25, -0.2) is 0 Å². The van der Waals surface area contributed by atoms with Gasteiger partial charge < -0.3 is 5.32 Å². The van der Waals surface area contributed by atoms with E-state index in [1.807, 2.05) is 6.20 Å². The van der Waals surface area contributed by atoms with E-state index in [0.29, 0.717) is 6.04 Å². The quantitative estimate of drug-likeness (QED) is 0.849. The summed E-state index contributed by atoms with van der Waals surface area (Å²) < 4.78 is 2.22. The second-order valence-electron chi connectivity index (χ2n) is 5.13. The summed E-state index contributed by atoms with van der Waals surface area (Å²) in [6.45, 7) is 6.41. The van der Waals surface area contributed by atoms with Crippen molar-refractivity contribution in [2.75, 3.05) is 6.54 Å². The van der Waals surface area contributed by atoms with Gasteiger partial charge in [-0.15, -0.1) is 0 Å². The van der Waals surface area contributed by atoms with Crippen LogP contribution in [0.3, 0.4) is 0 Å². The molecule has 2 rings (SSSR count). The Hall–Kier alpha value is -0.830. The van der Waals surface area contributed by atoms with E-state index in [-0.39, 0.29) is 0 Å². The third kappa shape index (κ3) is 3.09. The Balaban J connectivity index is 2.02. The minimum atomic E-state index is 0.643. The summed E-state index contributed by atoms with van der Waals surface area (Å²) >= 11 is 0. The van der Waals surface area contributed by atoms with Crippen LogP contribution in [0.5, 0.6) is 0 Å². The zero-order chi connectivity index (χ0) is 12.1. The Morgan fingerprint density at radius 3 is 2.94 bits per heavy atom. The number of nitrogens with one attached hydrogen (secondary N) is 1. The van der Waals surface area contributed by atoms with Gasteiger partial charge in [0.25, 0.3) is 0 Å². The van der Waals surface area contributed by atoms with E-state index in [2.05, 4.69) is 35.1 Å². The number of hydrogen-bond donors (Lipinski definition) is 1. The van der Waals surface area contributed by atoms with Gasteiger partial charge in [-0.2, -0.15) is 5.10 Å². The molecule has 0 radical (unpaired) electrons. The standard InChI is InChI=1S/C14H25N3/c1-3-13-7-5-6-8-14(13)17-11-12(10-16-17)9-15-4-2/h10-11,13-15H,3-9H2,1-2H3. The summed E-state index contributed by atoms with van der Waals surface area (Å²) in [5, 5.41) is 7.92. The summed E-state index contributed by atoms with van der Waals surface area (Å²) in [6.07, 6.45) is 11.0. The number of nitrogens with zero attached hydrogens (tertiary/aromatic N) is 2. The molecule has 0 aromatic carbocycles. The molecule has 0 amide bonds. The first-order valence-electron chi connectivity index (χ1n) is 7.08. The molecule has 1 N–H and O–H groups in total. The summed E-state index contributed by atoms with van der Waals surface area (Å²) in [6, 6.07) is 0.643. The highest BCUT2D eigenvalue weighted by Crippen LogP contribution is 2.35. The van der Waals surface area contributed by atoms with Crippen molar-refractivity contribution in [1.29, 1.82) is 0 Å². The SMILES string of the molecule is CCNCc1cnn(C2CCCCC2CC)c1. The molecule has 2 unspecified atom stereocenters. The summed E-state index contributed by atoms with van der Waals surface area (Å²) in [4.78, 5) is 0. The molecule has 3 nitrogen and oxygen atoms in total. The molecule has 2 atom stereocenters. The first-order valence-corrected chi connectivity index (χ1v) is 7.08. The molecule has 3 heteroatoms. The highest BCUT2D eigenvalue weighted by atomic mass is 15.3. The molecular weight excluding hydrogens is 210 g/mol. The Labute approximate surface area is 105 Å². The fourth-order valence-electron chi connectivity index (χ4n) is 2.93. The molecule has 1 aliphatic carbocycles. The minimum Gasteiger partial charge on any atom is -0.313 e.